The second-order valence-corrected chi connectivity index (χ2v) is 5.62. The van der Waals surface area contributed by atoms with Gasteiger partial charge in [-0.25, -0.2) is 0 Å². The van der Waals surface area contributed by atoms with Gasteiger partial charge in [0.2, 0.25) is 0 Å². The standard InChI is InChI=1S/C13H25F3N2O/c1-3-6-17-8-12(5-4-7-19-11-12)9-18(2)10-13(14,15)16/h17H,3-11H2,1-2H3. The maximum absolute atomic E-state index is 12.4. The summed E-state index contributed by atoms with van der Waals surface area (Å²) in [5.74, 6) is 0. The lowest BCUT2D eigenvalue weighted by Crippen LogP contribution is -2.49. The van der Waals surface area contributed by atoms with Gasteiger partial charge in [0.25, 0.3) is 0 Å². The van der Waals surface area contributed by atoms with Crippen molar-refractivity contribution in [1.82, 2.24) is 10.2 Å². The lowest BCUT2D eigenvalue weighted by atomic mass is 9.81. The minimum absolute atomic E-state index is 0.187. The summed E-state index contributed by atoms with van der Waals surface area (Å²) in [7, 11) is 1.53. The molecule has 114 valence electrons. The van der Waals surface area contributed by atoms with Crippen LogP contribution in [0.5, 0.6) is 0 Å². The van der Waals surface area contributed by atoms with Crippen molar-refractivity contribution in [3.8, 4) is 0 Å². The highest BCUT2D eigenvalue weighted by Gasteiger charge is 2.37. The highest BCUT2D eigenvalue weighted by atomic mass is 19.4. The van der Waals surface area contributed by atoms with Crippen molar-refractivity contribution >= 4 is 0 Å². The maximum Gasteiger partial charge on any atom is 0.401 e. The van der Waals surface area contributed by atoms with E-state index in [1.165, 1.54) is 11.9 Å². The van der Waals surface area contributed by atoms with E-state index < -0.39 is 12.7 Å². The highest BCUT2D eigenvalue weighted by Crippen LogP contribution is 2.30. The number of nitrogens with one attached hydrogen (secondary N) is 1. The van der Waals surface area contributed by atoms with Gasteiger partial charge >= 0.3 is 6.18 Å². The molecule has 1 fully saturated rings. The minimum atomic E-state index is -4.14. The number of rotatable bonds is 7. The molecule has 6 heteroatoms. The Hall–Kier alpha value is -0.330. The molecule has 0 aromatic carbocycles. The van der Waals surface area contributed by atoms with Crippen molar-refractivity contribution in [1.29, 1.82) is 0 Å². The molecule has 0 amide bonds. The first-order valence-corrected chi connectivity index (χ1v) is 6.91. The summed E-state index contributed by atoms with van der Waals surface area (Å²) in [6, 6.07) is 0. The Kier molecular flexibility index (Phi) is 6.56. The van der Waals surface area contributed by atoms with E-state index in [1.807, 2.05) is 0 Å². The van der Waals surface area contributed by atoms with Crippen LogP contribution in [-0.2, 0) is 4.74 Å². The molecule has 0 aliphatic carbocycles. The van der Waals surface area contributed by atoms with E-state index in [4.69, 9.17) is 4.74 Å². The number of hydrogen-bond acceptors (Lipinski definition) is 3. The van der Waals surface area contributed by atoms with E-state index in [0.717, 1.165) is 39.0 Å². The zero-order valence-corrected chi connectivity index (χ0v) is 11.9. The average molecular weight is 282 g/mol. The van der Waals surface area contributed by atoms with Crippen LogP contribution in [0.4, 0.5) is 13.2 Å². The fourth-order valence-electron chi connectivity index (χ4n) is 2.69. The molecule has 0 bridgehead atoms. The van der Waals surface area contributed by atoms with Gasteiger partial charge < -0.3 is 10.1 Å². The molecule has 1 atom stereocenters. The van der Waals surface area contributed by atoms with Crippen LogP contribution < -0.4 is 5.32 Å². The molecule has 19 heavy (non-hydrogen) atoms. The van der Waals surface area contributed by atoms with Gasteiger partial charge in [0.1, 0.15) is 0 Å². The van der Waals surface area contributed by atoms with Crippen LogP contribution in [0.25, 0.3) is 0 Å². The van der Waals surface area contributed by atoms with Crippen molar-refractivity contribution < 1.29 is 17.9 Å². The highest BCUT2D eigenvalue weighted by molar-refractivity contribution is 4.87. The molecular weight excluding hydrogens is 257 g/mol. The summed E-state index contributed by atoms with van der Waals surface area (Å²) in [4.78, 5) is 1.36. The topological polar surface area (TPSA) is 24.5 Å². The Morgan fingerprint density at radius 1 is 1.37 bits per heavy atom. The summed E-state index contributed by atoms with van der Waals surface area (Å²) in [5, 5.41) is 3.33. The van der Waals surface area contributed by atoms with E-state index in [0.29, 0.717) is 13.2 Å². The van der Waals surface area contributed by atoms with Crippen LogP contribution >= 0.6 is 0 Å². The molecule has 1 rings (SSSR count). The van der Waals surface area contributed by atoms with Gasteiger partial charge in [-0.1, -0.05) is 6.92 Å². The quantitative estimate of drug-likeness (QED) is 0.725. The first kappa shape index (κ1) is 16.7. The lowest BCUT2D eigenvalue weighted by Gasteiger charge is -2.40. The van der Waals surface area contributed by atoms with Crippen LogP contribution in [0.2, 0.25) is 0 Å². The number of alkyl halides is 3. The van der Waals surface area contributed by atoms with Crippen LogP contribution in [0.15, 0.2) is 0 Å². The molecule has 1 N–H and O–H groups in total. The Bertz CT molecular complexity index is 253. The second-order valence-electron chi connectivity index (χ2n) is 5.62. The second kappa shape index (κ2) is 7.45. The van der Waals surface area contributed by atoms with Gasteiger partial charge in [-0.05, 0) is 32.9 Å². The molecule has 0 aromatic rings. The number of nitrogens with zero attached hydrogens (tertiary/aromatic N) is 1. The van der Waals surface area contributed by atoms with Gasteiger partial charge in [-0.3, -0.25) is 4.90 Å². The molecule has 1 saturated heterocycles. The van der Waals surface area contributed by atoms with Crippen molar-refractivity contribution in [3.63, 3.8) is 0 Å². The van der Waals surface area contributed by atoms with Crippen LogP contribution in [0, 0.1) is 5.41 Å². The van der Waals surface area contributed by atoms with E-state index in [2.05, 4.69) is 12.2 Å². The third-order valence-electron chi connectivity index (χ3n) is 3.39. The maximum atomic E-state index is 12.4. The Morgan fingerprint density at radius 3 is 2.63 bits per heavy atom. The predicted molar refractivity (Wildman–Crippen MR) is 69.2 cm³/mol. The summed E-state index contributed by atoms with van der Waals surface area (Å²) in [6.07, 6.45) is -1.27. The number of halogens is 3. The molecule has 0 saturated carbocycles. The lowest BCUT2D eigenvalue weighted by molar-refractivity contribution is -0.148. The van der Waals surface area contributed by atoms with E-state index in [1.54, 1.807) is 0 Å². The van der Waals surface area contributed by atoms with Crippen molar-refractivity contribution in [2.45, 2.75) is 32.4 Å². The molecule has 1 aliphatic heterocycles. The summed E-state index contributed by atoms with van der Waals surface area (Å²) < 4.78 is 42.7. The van der Waals surface area contributed by atoms with Gasteiger partial charge in [0.15, 0.2) is 0 Å². The van der Waals surface area contributed by atoms with Crippen LogP contribution in [-0.4, -0.2) is 57.5 Å². The Balaban J connectivity index is 2.53. The molecule has 3 nitrogen and oxygen atoms in total. The van der Waals surface area contributed by atoms with E-state index >= 15 is 0 Å². The molecule has 0 aromatic heterocycles. The third kappa shape index (κ3) is 6.58. The van der Waals surface area contributed by atoms with E-state index in [-0.39, 0.29) is 5.41 Å². The predicted octanol–water partition coefficient (Wildman–Crippen LogP) is 2.28. The van der Waals surface area contributed by atoms with Crippen molar-refractivity contribution in [2.75, 3.05) is 46.4 Å². The van der Waals surface area contributed by atoms with Crippen LogP contribution in [0.1, 0.15) is 26.2 Å². The van der Waals surface area contributed by atoms with Crippen molar-refractivity contribution in [3.05, 3.63) is 0 Å². The largest absolute Gasteiger partial charge is 0.401 e. The monoisotopic (exact) mass is 282 g/mol. The molecule has 0 radical (unpaired) electrons. The number of ether oxygens (including phenoxy) is 1. The molecular formula is C13H25F3N2O. The number of hydrogen-bond donors (Lipinski definition) is 1. The van der Waals surface area contributed by atoms with E-state index in [9.17, 15) is 13.2 Å². The fourth-order valence-corrected chi connectivity index (χ4v) is 2.69. The van der Waals surface area contributed by atoms with Crippen LogP contribution in [0.3, 0.4) is 0 Å². The normalized spacial score (nSPS) is 24.9. The molecule has 1 unspecified atom stereocenters. The molecule has 1 aliphatic rings. The van der Waals surface area contributed by atoms with Crippen molar-refractivity contribution in [2.24, 2.45) is 5.41 Å². The summed E-state index contributed by atoms with van der Waals surface area (Å²) in [5.41, 5.74) is -0.187. The van der Waals surface area contributed by atoms with Gasteiger partial charge in [-0.2, -0.15) is 13.2 Å². The van der Waals surface area contributed by atoms with Gasteiger partial charge in [-0.15, -0.1) is 0 Å². The summed E-state index contributed by atoms with van der Waals surface area (Å²) in [6.45, 7) is 4.52. The summed E-state index contributed by atoms with van der Waals surface area (Å²) >= 11 is 0. The molecule has 1 heterocycles. The third-order valence-corrected chi connectivity index (χ3v) is 3.39. The first-order valence-electron chi connectivity index (χ1n) is 6.91. The fraction of sp³-hybridized carbons (Fsp3) is 1.00. The molecule has 0 spiro atoms. The Labute approximate surface area is 113 Å². The smallest absolute Gasteiger partial charge is 0.381 e. The zero-order valence-electron chi connectivity index (χ0n) is 11.9. The SMILES string of the molecule is CCCNCC1(CN(C)CC(F)(F)F)CCCOC1. The average Bonchev–Trinajstić information content (AvgIpc) is 2.27. The first-order chi connectivity index (χ1) is 8.87. The van der Waals surface area contributed by atoms with Gasteiger partial charge in [0, 0.05) is 25.1 Å². The minimum Gasteiger partial charge on any atom is -0.381 e. The Morgan fingerprint density at radius 2 is 2.11 bits per heavy atom. The van der Waals surface area contributed by atoms with Gasteiger partial charge in [0.05, 0.1) is 13.2 Å². The zero-order chi connectivity index (χ0) is 14.4.